The van der Waals surface area contributed by atoms with E-state index in [1.54, 1.807) is 12.1 Å². The van der Waals surface area contributed by atoms with Crippen molar-refractivity contribution in [1.82, 2.24) is 4.90 Å². The van der Waals surface area contributed by atoms with E-state index in [0.717, 1.165) is 53.9 Å². The molecule has 3 aromatic rings. The van der Waals surface area contributed by atoms with Crippen LogP contribution in [0, 0.1) is 6.92 Å². The molecule has 0 radical (unpaired) electrons. The molecule has 1 saturated heterocycles. The average molecular weight is 456 g/mol. The molecule has 0 bridgehead atoms. The molecule has 6 nitrogen and oxygen atoms in total. The lowest BCUT2D eigenvalue weighted by Gasteiger charge is -2.33. The molecular formula is C28H29N3O3. The highest BCUT2D eigenvalue weighted by Crippen LogP contribution is 2.37. The Morgan fingerprint density at radius 2 is 1.71 bits per heavy atom. The van der Waals surface area contributed by atoms with Gasteiger partial charge in [0.1, 0.15) is 0 Å². The van der Waals surface area contributed by atoms with Crippen molar-refractivity contribution >= 4 is 23.1 Å². The van der Waals surface area contributed by atoms with Gasteiger partial charge in [-0.15, -0.1) is 0 Å². The number of rotatable bonds is 6. The van der Waals surface area contributed by atoms with Crippen LogP contribution in [0.3, 0.4) is 0 Å². The van der Waals surface area contributed by atoms with Crippen LogP contribution in [0.15, 0.2) is 60.7 Å². The van der Waals surface area contributed by atoms with Gasteiger partial charge in [-0.25, -0.2) is 0 Å². The zero-order valence-corrected chi connectivity index (χ0v) is 19.3. The van der Waals surface area contributed by atoms with E-state index in [1.165, 1.54) is 0 Å². The fourth-order valence-electron chi connectivity index (χ4n) is 5.01. The largest absolute Gasteiger partial charge is 0.392 e. The molecule has 1 aliphatic heterocycles. The number of carbonyl (C=O) groups is 2. The topological polar surface area (TPSA) is 81.7 Å². The van der Waals surface area contributed by atoms with Crippen LogP contribution in [0.25, 0.3) is 11.1 Å². The zero-order valence-electron chi connectivity index (χ0n) is 19.3. The molecule has 174 valence electrons. The minimum Gasteiger partial charge on any atom is -0.392 e. The predicted octanol–water partition coefficient (Wildman–Crippen LogP) is 4.21. The van der Waals surface area contributed by atoms with Crippen LogP contribution in [0.2, 0.25) is 0 Å². The highest BCUT2D eigenvalue weighted by molar-refractivity contribution is 6.22. The van der Waals surface area contributed by atoms with Crippen molar-refractivity contribution in [2.24, 2.45) is 0 Å². The molecule has 3 N–H and O–H groups in total. The molecule has 1 fully saturated rings. The zero-order chi connectivity index (χ0) is 23.7. The van der Waals surface area contributed by atoms with Crippen LogP contribution < -0.4 is 10.6 Å². The number of likely N-dealkylation sites (tertiary alicyclic amines) is 1. The van der Waals surface area contributed by atoms with E-state index in [9.17, 15) is 14.7 Å². The molecule has 34 heavy (non-hydrogen) atoms. The molecule has 0 spiro atoms. The molecule has 5 rings (SSSR count). The first kappa shape index (κ1) is 22.3. The number of carbonyl (C=O) groups excluding carboxylic acids is 2. The van der Waals surface area contributed by atoms with Crippen LogP contribution in [-0.2, 0) is 11.4 Å². The Bertz CT molecular complexity index is 1250. The molecule has 1 amide bonds. The van der Waals surface area contributed by atoms with Crippen LogP contribution >= 0.6 is 0 Å². The highest BCUT2D eigenvalue weighted by Gasteiger charge is 2.27. The normalized spacial score (nSPS) is 15.6. The van der Waals surface area contributed by atoms with Crippen molar-refractivity contribution in [2.75, 3.05) is 30.3 Å². The van der Waals surface area contributed by atoms with Crippen molar-refractivity contribution in [1.29, 1.82) is 0 Å². The third kappa shape index (κ3) is 4.34. The summed E-state index contributed by atoms with van der Waals surface area (Å²) < 4.78 is 0. The SMILES string of the molecule is Cc1cccc(CO)c1NC1CCN(CC(=O)Nc2ccc3c(c2)-c2ccccc2C3=O)CC1. The molecule has 1 aliphatic carbocycles. The summed E-state index contributed by atoms with van der Waals surface area (Å²) in [5, 5.41) is 16.2. The molecular weight excluding hydrogens is 426 g/mol. The third-order valence-corrected chi connectivity index (χ3v) is 6.84. The number of aliphatic hydroxyl groups is 1. The van der Waals surface area contributed by atoms with Gasteiger partial charge in [-0.1, -0.05) is 42.5 Å². The standard InChI is InChI=1S/C28H29N3O3/c1-18-5-4-6-19(17-32)27(18)30-20-11-13-31(14-12-20)16-26(33)29-21-9-10-24-25(15-21)22-7-2-3-8-23(22)28(24)34/h2-10,15,20,30,32H,11-14,16-17H2,1H3,(H,29,33). The highest BCUT2D eigenvalue weighted by atomic mass is 16.3. The Hall–Kier alpha value is -3.48. The second-order valence-electron chi connectivity index (χ2n) is 9.15. The summed E-state index contributed by atoms with van der Waals surface area (Å²) >= 11 is 0. The van der Waals surface area contributed by atoms with Crippen molar-refractivity contribution in [2.45, 2.75) is 32.4 Å². The second-order valence-corrected chi connectivity index (χ2v) is 9.15. The molecule has 0 saturated carbocycles. The molecule has 0 atom stereocenters. The number of nitrogens with zero attached hydrogens (tertiary/aromatic N) is 1. The molecule has 6 heteroatoms. The molecule has 3 aromatic carbocycles. The summed E-state index contributed by atoms with van der Waals surface area (Å²) in [6, 6.07) is 19.4. The second kappa shape index (κ2) is 9.41. The van der Waals surface area contributed by atoms with Gasteiger partial charge in [0.15, 0.2) is 5.78 Å². The van der Waals surface area contributed by atoms with Gasteiger partial charge in [0, 0.05) is 47.2 Å². The van der Waals surface area contributed by atoms with E-state index in [-0.39, 0.29) is 18.3 Å². The summed E-state index contributed by atoms with van der Waals surface area (Å²) in [7, 11) is 0. The number of ketones is 1. The summed E-state index contributed by atoms with van der Waals surface area (Å²) in [4.78, 5) is 27.5. The maximum atomic E-state index is 12.7. The van der Waals surface area contributed by atoms with Gasteiger partial charge in [-0.2, -0.15) is 0 Å². The first-order valence-electron chi connectivity index (χ1n) is 11.8. The van der Waals surface area contributed by atoms with Gasteiger partial charge >= 0.3 is 0 Å². The number of anilines is 2. The maximum absolute atomic E-state index is 12.7. The van der Waals surface area contributed by atoms with Gasteiger partial charge in [-0.05, 0) is 54.7 Å². The number of amides is 1. The number of nitrogens with one attached hydrogen (secondary N) is 2. The van der Waals surface area contributed by atoms with E-state index in [0.29, 0.717) is 29.4 Å². The van der Waals surface area contributed by atoms with Gasteiger partial charge in [0.25, 0.3) is 0 Å². The van der Waals surface area contributed by atoms with Gasteiger partial charge < -0.3 is 15.7 Å². The average Bonchev–Trinajstić information content (AvgIpc) is 3.13. The van der Waals surface area contributed by atoms with Crippen LogP contribution in [0.1, 0.15) is 39.9 Å². The third-order valence-electron chi connectivity index (χ3n) is 6.84. The predicted molar refractivity (Wildman–Crippen MR) is 134 cm³/mol. The molecule has 0 unspecified atom stereocenters. The first-order chi connectivity index (χ1) is 16.5. The number of aryl methyl sites for hydroxylation is 1. The number of para-hydroxylation sites is 1. The summed E-state index contributed by atoms with van der Waals surface area (Å²) in [5.74, 6) is -0.0119. The monoisotopic (exact) mass is 455 g/mol. The lowest BCUT2D eigenvalue weighted by molar-refractivity contribution is -0.117. The molecule has 1 heterocycles. The lowest BCUT2D eigenvalue weighted by Crippen LogP contribution is -2.42. The van der Waals surface area contributed by atoms with Crippen LogP contribution in [0.5, 0.6) is 0 Å². The van der Waals surface area contributed by atoms with E-state index in [4.69, 9.17) is 0 Å². The Morgan fingerprint density at radius 3 is 2.47 bits per heavy atom. The van der Waals surface area contributed by atoms with E-state index >= 15 is 0 Å². The van der Waals surface area contributed by atoms with Crippen molar-refractivity contribution in [3.8, 4) is 11.1 Å². The van der Waals surface area contributed by atoms with E-state index < -0.39 is 0 Å². The Kier molecular flexibility index (Phi) is 6.18. The Balaban J connectivity index is 1.17. The van der Waals surface area contributed by atoms with Gasteiger partial charge in [-0.3, -0.25) is 14.5 Å². The fraction of sp³-hybridized carbons (Fsp3) is 0.286. The summed E-state index contributed by atoms with van der Waals surface area (Å²) in [6.07, 6.45) is 1.87. The number of hydrogen-bond acceptors (Lipinski definition) is 5. The number of benzene rings is 3. The van der Waals surface area contributed by atoms with Crippen LogP contribution in [-0.4, -0.2) is 47.4 Å². The minimum atomic E-state index is -0.0505. The first-order valence-corrected chi connectivity index (χ1v) is 11.8. The molecule has 0 aromatic heterocycles. The van der Waals surface area contributed by atoms with Crippen molar-refractivity contribution < 1.29 is 14.7 Å². The Morgan fingerprint density at radius 1 is 0.971 bits per heavy atom. The summed E-state index contributed by atoms with van der Waals surface area (Å²) in [5.41, 5.74) is 6.99. The summed E-state index contributed by atoms with van der Waals surface area (Å²) in [6.45, 7) is 4.07. The Labute approximate surface area is 199 Å². The van der Waals surface area contributed by atoms with Crippen LogP contribution in [0.4, 0.5) is 11.4 Å². The van der Waals surface area contributed by atoms with E-state index in [1.807, 2.05) is 42.5 Å². The van der Waals surface area contributed by atoms with Crippen molar-refractivity contribution in [3.05, 3.63) is 82.9 Å². The number of hydrogen-bond donors (Lipinski definition) is 3. The van der Waals surface area contributed by atoms with E-state index in [2.05, 4.69) is 28.5 Å². The quantitative estimate of drug-likeness (QED) is 0.406. The minimum absolute atomic E-state index is 0.0193. The smallest absolute Gasteiger partial charge is 0.238 e. The fourth-order valence-corrected chi connectivity index (χ4v) is 5.01. The molecule has 2 aliphatic rings. The van der Waals surface area contributed by atoms with Gasteiger partial charge in [0.05, 0.1) is 13.2 Å². The maximum Gasteiger partial charge on any atom is 0.238 e. The number of piperidine rings is 1. The van der Waals surface area contributed by atoms with Crippen molar-refractivity contribution in [3.63, 3.8) is 0 Å². The lowest BCUT2D eigenvalue weighted by atomic mass is 10.0. The number of fused-ring (bicyclic) bond motifs is 3. The number of aliphatic hydroxyl groups excluding tert-OH is 1. The van der Waals surface area contributed by atoms with Gasteiger partial charge in [0.2, 0.25) is 5.91 Å².